The van der Waals surface area contributed by atoms with Crippen molar-refractivity contribution in [3.05, 3.63) is 52.8 Å². The third-order valence-corrected chi connectivity index (χ3v) is 6.24. The minimum Gasteiger partial charge on any atom is -0.539 e. The van der Waals surface area contributed by atoms with Gasteiger partial charge >= 0.3 is 5.69 Å². The van der Waals surface area contributed by atoms with Gasteiger partial charge in [0.2, 0.25) is 11.5 Å². The summed E-state index contributed by atoms with van der Waals surface area (Å²) in [6, 6.07) is 10.8. The third-order valence-electron chi connectivity index (χ3n) is 5.25. The summed E-state index contributed by atoms with van der Waals surface area (Å²) in [5.74, 6) is -0.129. The maximum Gasteiger partial charge on any atom is 0.307 e. The van der Waals surface area contributed by atoms with Gasteiger partial charge in [0.25, 0.3) is 0 Å². The van der Waals surface area contributed by atoms with Crippen LogP contribution in [0.1, 0.15) is 40.7 Å². The number of ketones is 1. The van der Waals surface area contributed by atoms with E-state index in [4.69, 9.17) is 9.26 Å². The fourth-order valence-corrected chi connectivity index (χ4v) is 4.44. The molecule has 0 N–H and O–H groups in total. The lowest BCUT2D eigenvalue weighted by atomic mass is 9.87. The predicted octanol–water partition coefficient (Wildman–Crippen LogP) is 2.40. The highest BCUT2D eigenvalue weighted by molar-refractivity contribution is 8.00. The largest absolute Gasteiger partial charge is 0.539 e. The third kappa shape index (κ3) is 4.25. The lowest BCUT2D eigenvalue weighted by molar-refractivity contribution is -0.672. The van der Waals surface area contributed by atoms with Crippen LogP contribution < -0.4 is 14.5 Å². The van der Waals surface area contributed by atoms with E-state index >= 15 is 0 Å². The molecule has 0 bridgehead atoms. The number of aryl methyl sites for hydroxylation is 1. The second-order valence-corrected chi connectivity index (χ2v) is 8.40. The second kappa shape index (κ2) is 8.78. The minimum absolute atomic E-state index is 0.0660. The zero-order chi connectivity index (χ0) is 22.0. The summed E-state index contributed by atoms with van der Waals surface area (Å²) in [6.07, 6.45) is 2.82. The Morgan fingerprint density at radius 3 is 2.90 bits per heavy atom. The smallest absolute Gasteiger partial charge is 0.307 e. The lowest BCUT2D eigenvalue weighted by Crippen LogP contribution is -2.39. The Balaban J connectivity index is 1.56. The Labute approximate surface area is 183 Å². The standard InChI is InChI=1S/C22H20N4O4S/c1-13-3-8-18-14(9-13)10-15(11-23)21(24-18)31-12-19(27)20-22(28)30-25-26(20)16-4-6-17(29-2)7-5-16/h4-7,10,13H,3,8-9,12H2,1-2H3. The highest BCUT2D eigenvalue weighted by atomic mass is 32.2. The number of fused-ring (bicyclic) bond motifs is 1. The number of nitriles is 1. The van der Waals surface area contributed by atoms with Crippen LogP contribution in [0, 0.1) is 17.2 Å². The van der Waals surface area contributed by atoms with Crippen molar-refractivity contribution in [2.24, 2.45) is 5.92 Å². The van der Waals surface area contributed by atoms with Crippen LogP contribution in [0.15, 0.2) is 39.9 Å². The van der Waals surface area contributed by atoms with E-state index < -0.39 is 11.7 Å². The van der Waals surface area contributed by atoms with Crippen molar-refractivity contribution in [2.45, 2.75) is 31.2 Å². The maximum absolute atomic E-state index is 12.9. The molecule has 1 aliphatic rings. The first kappa shape index (κ1) is 20.9. The van der Waals surface area contributed by atoms with Crippen LogP contribution in [-0.2, 0) is 12.8 Å². The van der Waals surface area contributed by atoms with Gasteiger partial charge in [-0.1, -0.05) is 18.7 Å². The first-order valence-corrected chi connectivity index (χ1v) is 10.8. The van der Waals surface area contributed by atoms with Gasteiger partial charge in [-0.15, -0.1) is 0 Å². The highest BCUT2D eigenvalue weighted by Crippen LogP contribution is 2.30. The number of rotatable bonds is 6. The molecule has 3 aromatic rings. The maximum atomic E-state index is 12.9. The fourth-order valence-electron chi connectivity index (χ4n) is 3.60. The van der Waals surface area contributed by atoms with E-state index in [0.717, 1.165) is 42.3 Å². The average Bonchev–Trinajstić information content (AvgIpc) is 3.18. The number of ether oxygens (including phenoxy) is 1. The molecule has 0 amide bonds. The topological polar surface area (TPSA) is 116 Å². The lowest BCUT2D eigenvalue weighted by Gasteiger charge is -2.21. The number of hydrogen-bond acceptors (Lipinski definition) is 8. The van der Waals surface area contributed by atoms with Crippen molar-refractivity contribution in [3.8, 4) is 23.5 Å². The Hall–Kier alpha value is -3.38. The Kier molecular flexibility index (Phi) is 5.91. The number of benzene rings is 1. The summed E-state index contributed by atoms with van der Waals surface area (Å²) in [6.45, 7) is 2.19. The van der Waals surface area contributed by atoms with Crippen LogP contribution in [0.25, 0.3) is 5.69 Å². The highest BCUT2D eigenvalue weighted by Gasteiger charge is 2.28. The molecule has 9 heteroatoms. The van der Waals surface area contributed by atoms with Crippen LogP contribution in [0.4, 0.5) is 0 Å². The van der Waals surface area contributed by atoms with Crippen LogP contribution in [0.2, 0.25) is 0 Å². The minimum atomic E-state index is -0.811. The number of carbonyl (C=O) groups is 1. The van der Waals surface area contributed by atoms with Crippen molar-refractivity contribution in [3.63, 3.8) is 0 Å². The molecule has 31 heavy (non-hydrogen) atoms. The molecule has 0 fully saturated rings. The molecule has 2 aromatic heterocycles. The van der Waals surface area contributed by atoms with Gasteiger partial charge in [-0.3, -0.25) is 4.79 Å². The number of aromatic nitrogens is 3. The van der Waals surface area contributed by atoms with E-state index in [0.29, 0.717) is 27.9 Å². The molecule has 0 spiro atoms. The molecular formula is C22H20N4O4S. The van der Waals surface area contributed by atoms with Crippen molar-refractivity contribution < 1.29 is 23.8 Å². The van der Waals surface area contributed by atoms with Crippen molar-refractivity contribution in [2.75, 3.05) is 12.9 Å². The van der Waals surface area contributed by atoms with E-state index in [1.807, 2.05) is 6.07 Å². The zero-order valence-electron chi connectivity index (χ0n) is 17.1. The summed E-state index contributed by atoms with van der Waals surface area (Å²) < 4.78 is 11.0. The predicted molar refractivity (Wildman–Crippen MR) is 109 cm³/mol. The summed E-state index contributed by atoms with van der Waals surface area (Å²) in [7, 11) is 1.55. The molecule has 158 valence electrons. The van der Waals surface area contributed by atoms with Crippen molar-refractivity contribution >= 4 is 17.5 Å². The molecule has 1 aromatic carbocycles. The van der Waals surface area contributed by atoms with Crippen LogP contribution >= 0.6 is 11.8 Å². The molecule has 8 nitrogen and oxygen atoms in total. The molecule has 0 saturated heterocycles. The monoisotopic (exact) mass is 436 g/mol. The average molecular weight is 436 g/mol. The fraction of sp³-hybridized carbons (Fsp3) is 0.318. The molecule has 0 aliphatic heterocycles. The number of Topliss-reactive ketones (excluding diaryl/α,β-unsaturated/α-hetero) is 1. The van der Waals surface area contributed by atoms with Crippen molar-refractivity contribution in [1.29, 1.82) is 5.26 Å². The number of thioether (sulfide) groups is 1. The number of hydrogen-bond donors (Lipinski definition) is 0. The number of carbonyl (C=O) groups excluding carboxylic acids is 1. The second-order valence-electron chi connectivity index (χ2n) is 7.44. The SMILES string of the molecule is COc1ccc(-[n+]2noc([O-])c2C(=O)CSc2nc3c(cc2C#N)CC(C)CC3)cc1. The van der Waals surface area contributed by atoms with Gasteiger partial charge in [0.15, 0.2) is 5.95 Å². The van der Waals surface area contributed by atoms with Gasteiger partial charge < -0.3 is 14.4 Å². The molecule has 4 rings (SSSR count). The van der Waals surface area contributed by atoms with Crippen molar-refractivity contribution in [1.82, 2.24) is 10.3 Å². The molecule has 1 aliphatic carbocycles. The Morgan fingerprint density at radius 1 is 1.42 bits per heavy atom. The number of nitrogens with zero attached hydrogens (tertiary/aromatic N) is 4. The van der Waals surface area contributed by atoms with E-state index in [-0.39, 0.29) is 11.4 Å². The summed E-state index contributed by atoms with van der Waals surface area (Å²) in [5, 5.41) is 25.9. The molecule has 1 atom stereocenters. The van der Waals surface area contributed by atoms with Gasteiger partial charge in [0.1, 0.15) is 16.8 Å². The Morgan fingerprint density at radius 2 is 2.19 bits per heavy atom. The molecule has 0 radical (unpaired) electrons. The molecule has 2 heterocycles. The normalized spacial score (nSPS) is 15.2. The summed E-state index contributed by atoms with van der Waals surface area (Å²) >= 11 is 1.15. The van der Waals surface area contributed by atoms with E-state index in [1.165, 1.54) is 4.68 Å². The molecular weight excluding hydrogens is 416 g/mol. The van der Waals surface area contributed by atoms with Gasteiger partial charge in [0.05, 0.1) is 23.7 Å². The van der Waals surface area contributed by atoms with Gasteiger partial charge in [-0.2, -0.15) is 5.26 Å². The molecule has 0 saturated carbocycles. The Bertz CT molecular complexity index is 1170. The first-order chi connectivity index (χ1) is 15.0. The van der Waals surface area contributed by atoms with E-state index in [1.54, 1.807) is 31.4 Å². The molecule has 1 unspecified atom stereocenters. The van der Waals surface area contributed by atoms with Gasteiger partial charge in [0, 0.05) is 17.8 Å². The zero-order valence-corrected chi connectivity index (χ0v) is 17.9. The number of pyridine rings is 1. The quantitative estimate of drug-likeness (QED) is 0.329. The van der Waals surface area contributed by atoms with E-state index in [9.17, 15) is 15.2 Å². The summed E-state index contributed by atoms with van der Waals surface area (Å²) in [5.41, 5.74) is 2.85. The van der Waals surface area contributed by atoms with Crippen LogP contribution in [0.5, 0.6) is 11.7 Å². The van der Waals surface area contributed by atoms with Gasteiger partial charge in [-0.25, -0.2) is 4.98 Å². The number of methoxy groups -OCH3 is 1. The van der Waals surface area contributed by atoms with Crippen LogP contribution in [0.3, 0.4) is 0 Å². The van der Waals surface area contributed by atoms with Crippen LogP contribution in [-0.4, -0.2) is 28.9 Å². The first-order valence-electron chi connectivity index (χ1n) is 9.82. The summed E-state index contributed by atoms with van der Waals surface area (Å²) in [4.78, 5) is 17.5. The van der Waals surface area contributed by atoms with Gasteiger partial charge in [-0.05, 0) is 53.6 Å². The van der Waals surface area contributed by atoms with E-state index in [2.05, 4.69) is 23.2 Å².